The molecule has 1 aromatic heterocycles. The summed E-state index contributed by atoms with van der Waals surface area (Å²) in [5.74, 6) is 2.47. The molecule has 0 fully saturated rings. The zero-order chi connectivity index (χ0) is 17.7. The topological polar surface area (TPSA) is 68.0 Å². The Morgan fingerprint density at radius 3 is 2.65 bits per heavy atom. The molecule has 6 nitrogen and oxygen atoms in total. The summed E-state index contributed by atoms with van der Waals surface area (Å²) in [6, 6.07) is 13.6. The smallest absolute Gasteiger partial charge is 0.191 e. The van der Waals surface area contributed by atoms with Gasteiger partial charge in [0.1, 0.15) is 24.2 Å². The molecule has 1 heterocycles. The predicted molar refractivity (Wildman–Crippen MR) is 114 cm³/mol. The number of furan rings is 1. The number of aliphatic imine (C=N–C) groups is 1. The predicted octanol–water partition coefficient (Wildman–Crippen LogP) is 3.44. The van der Waals surface area contributed by atoms with Gasteiger partial charge in [-0.05, 0) is 37.6 Å². The van der Waals surface area contributed by atoms with Crippen molar-refractivity contribution in [2.45, 2.75) is 26.1 Å². The second kappa shape index (κ2) is 13.5. The van der Waals surface area contributed by atoms with Gasteiger partial charge in [-0.2, -0.15) is 0 Å². The minimum Gasteiger partial charge on any atom is -0.489 e. The maximum absolute atomic E-state index is 5.83. The normalized spacial score (nSPS) is 12.2. The second-order valence-corrected chi connectivity index (χ2v) is 5.61. The van der Waals surface area contributed by atoms with Crippen molar-refractivity contribution in [3.8, 4) is 5.75 Å². The zero-order valence-electron chi connectivity index (χ0n) is 15.3. The van der Waals surface area contributed by atoms with Crippen molar-refractivity contribution in [1.82, 2.24) is 10.6 Å². The Bertz CT molecular complexity index is 606. The number of hydrogen-bond acceptors (Lipinski definition) is 4. The zero-order valence-corrected chi connectivity index (χ0v) is 17.6. The van der Waals surface area contributed by atoms with E-state index >= 15 is 0 Å². The Morgan fingerprint density at radius 2 is 1.96 bits per heavy atom. The summed E-state index contributed by atoms with van der Waals surface area (Å²) in [6.45, 7) is 4.65. The van der Waals surface area contributed by atoms with Crippen LogP contribution < -0.4 is 15.4 Å². The van der Waals surface area contributed by atoms with Gasteiger partial charge in [0.15, 0.2) is 5.96 Å². The largest absolute Gasteiger partial charge is 0.489 e. The average molecular weight is 473 g/mol. The summed E-state index contributed by atoms with van der Waals surface area (Å²) in [5.41, 5.74) is 0. The lowest BCUT2D eigenvalue weighted by molar-refractivity contribution is 0.105. The van der Waals surface area contributed by atoms with Crippen molar-refractivity contribution in [2.75, 3.05) is 26.7 Å². The fourth-order valence-corrected chi connectivity index (χ4v) is 2.18. The molecule has 0 amide bonds. The van der Waals surface area contributed by atoms with E-state index in [1.807, 2.05) is 49.4 Å². The van der Waals surface area contributed by atoms with Crippen LogP contribution >= 0.6 is 24.0 Å². The molecule has 0 aliphatic rings. The highest BCUT2D eigenvalue weighted by Gasteiger charge is 2.05. The second-order valence-electron chi connectivity index (χ2n) is 5.61. The van der Waals surface area contributed by atoms with Gasteiger partial charge >= 0.3 is 0 Å². The highest BCUT2D eigenvalue weighted by atomic mass is 127. The quantitative estimate of drug-likeness (QED) is 0.240. The molecule has 1 atom stereocenters. The lowest BCUT2D eigenvalue weighted by Gasteiger charge is -2.17. The maximum atomic E-state index is 5.83. The minimum absolute atomic E-state index is 0. The van der Waals surface area contributed by atoms with Crippen LogP contribution in [0.3, 0.4) is 0 Å². The SMILES string of the molecule is CN=C(NCCCOCc1ccco1)NCC(C)Oc1ccccc1.I. The first-order valence-electron chi connectivity index (χ1n) is 8.54. The number of ether oxygens (including phenoxy) is 2. The Balaban J connectivity index is 0.00000338. The maximum Gasteiger partial charge on any atom is 0.191 e. The van der Waals surface area contributed by atoms with Gasteiger partial charge in [0, 0.05) is 20.2 Å². The Kier molecular flexibility index (Phi) is 11.5. The molecule has 0 aliphatic carbocycles. The van der Waals surface area contributed by atoms with Crippen molar-refractivity contribution >= 4 is 29.9 Å². The summed E-state index contributed by atoms with van der Waals surface area (Å²) < 4.78 is 16.6. The number of halogens is 1. The van der Waals surface area contributed by atoms with Gasteiger partial charge in [-0.3, -0.25) is 4.99 Å². The van der Waals surface area contributed by atoms with Crippen LogP contribution in [-0.2, 0) is 11.3 Å². The third kappa shape index (κ3) is 9.10. The van der Waals surface area contributed by atoms with Gasteiger partial charge in [-0.1, -0.05) is 18.2 Å². The van der Waals surface area contributed by atoms with E-state index in [0.717, 1.165) is 30.4 Å². The number of nitrogens with one attached hydrogen (secondary N) is 2. The van der Waals surface area contributed by atoms with E-state index in [9.17, 15) is 0 Å². The molecule has 2 N–H and O–H groups in total. The highest BCUT2D eigenvalue weighted by Crippen LogP contribution is 2.10. The summed E-state index contributed by atoms with van der Waals surface area (Å²) in [5, 5.41) is 6.52. The highest BCUT2D eigenvalue weighted by molar-refractivity contribution is 14.0. The number of para-hydroxylation sites is 1. The van der Waals surface area contributed by atoms with Crippen LogP contribution in [0.25, 0.3) is 0 Å². The van der Waals surface area contributed by atoms with E-state index < -0.39 is 0 Å². The first-order valence-corrected chi connectivity index (χ1v) is 8.54. The number of hydrogen-bond donors (Lipinski definition) is 2. The first kappa shape index (κ1) is 22.3. The van der Waals surface area contributed by atoms with E-state index in [2.05, 4.69) is 15.6 Å². The van der Waals surface area contributed by atoms with Crippen LogP contribution in [0.2, 0.25) is 0 Å². The monoisotopic (exact) mass is 473 g/mol. The number of guanidine groups is 1. The lowest BCUT2D eigenvalue weighted by atomic mass is 10.3. The van der Waals surface area contributed by atoms with Crippen molar-refractivity contribution in [3.63, 3.8) is 0 Å². The molecule has 0 aliphatic heterocycles. The molecule has 0 radical (unpaired) electrons. The average Bonchev–Trinajstić information content (AvgIpc) is 3.15. The van der Waals surface area contributed by atoms with E-state index in [1.165, 1.54) is 0 Å². The summed E-state index contributed by atoms with van der Waals surface area (Å²) >= 11 is 0. The fourth-order valence-electron chi connectivity index (χ4n) is 2.18. The van der Waals surface area contributed by atoms with Crippen LogP contribution in [0, 0.1) is 0 Å². The summed E-state index contributed by atoms with van der Waals surface area (Å²) in [7, 11) is 1.76. The Labute approximate surface area is 172 Å². The molecule has 1 aromatic carbocycles. The van der Waals surface area contributed by atoms with Crippen molar-refractivity contribution < 1.29 is 13.9 Å². The van der Waals surface area contributed by atoms with Gasteiger partial charge < -0.3 is 24.5 Å². The van der Waals surface area contributed by atoms with Crippen LogP contribution in [0.1, 0.15) is 19.1 Å². The third-order valence-corrected chi connectivity index (χ3v) is 3.44. The number of benzene rings is 1. The summed E-state index contributed by atoms with van der Waals surface area (Å²) in [6.07, 6.45) is 2.58. The van der Waals surface area contributed by atoms with E-state index in [4.69, 9.17) is 13.9 Å². The van der Waals surface area contributed by atoms with Crippen LogP contribution in [-0.4, -0.2) is 38.8 Å². The van der Waals surface area contributed by atoms with Gasteiger partial charge in [-0.15, -0.1) is 24.0 Å². The van der Waals surface area contributed by atoms with Crippen molar-refractivity contribution in [1.29, 1.82) is 0 Å². The summed E-state index contributed by atoms with van der Waals surface area (Å²) in [4.78, 5) is 4.21. The molecule has 26 heavy (non-hydrogen) atoms. The lowest BCUT2D eigenvalue weighted by Crippen LogP contribution is -2.42. The van der Waals surface area contributed by atoms with Gasteiger partial charge in [-0.25, -0.2) is 0 Å². The van der Waals surface area contributed by atoms with Crippen LogP contribution in [0.15, 0.2) is 58.1 Å². The molecule has 7 heteroatoms. The first-order chi connectivity index (χ1) is 12.3. The van der Waals surface area contributed by atoms with Gasteiger partial charge in [0.2, 0.25) is 0 Å². The number of rotatable bonds is 10. The number of nitrogens with zero attached hydrogens (tertiary/aromatic N) is 1. The van der Waals surface area contributed by atoms with Crippen molar-refractivity contribution in [3.05, 3.63) is 54.5 Å². The van der Waals surface area contributed by atoms with E-state index in [1.54, 1.807) is 13.3 Å². The molecule has 0 spiro atoms. The Morgan fingerprint density at radius 1 is 1.15 bits per heavy atom. The molecule has 144 valence electrons. The molecule has 0 bridgehead atoms. The van der Waals surface area contributed by atoms with E-state index in [0.29, 0.717) is 19.8 Å². The molecule has 2 aromatic rings. The molecular weight excluding hydrogens is 445 g/mol. The molecule has 2 rings (SSSR count). The molecule has 1 unspecified atom stereocenters. The van der Waals surface area contributed by atoms with Crippen LogP contribution in [0.4, 0.5) is 0 Å². The fraction of sp³-hybridized carbons (Fsp3) is 0.421. The molecule has 0 saturated carbocycles. The van der Waals surface area contributed by atoms with E-state index in [-0.39, 0.29) is 30.1 Å². The Hall–Kier alpha value is -1.74. The third-order valence-electron chi connectivity index (χ3n) is 3.44. The standard InChI is InChI=1S/C19H27N3O3.HI/c1-16(25-17-8-4-3-5-9-17)14-22-19(20-2)21-11-7-12-23-15-18-10-6-13-24-18;/h3-6,8-10,13,16H,7,11-12,14-15H2,1-2H3,(H2,20,21,22);1H. The van der Waals surface area contributed by atoms with Gasteiger partial charge in [0.25, 0.3) is 0 Å². The van der Waals surface area contributed by atoms with Crippen LogP contribution in [0.5, 0.6) is 5.75 Å². The molecule has 0 saturated heterocycles. The minimum atomic E-state index is 0. The molecular formula is C19H28IN3O3. The van der Waals surface area contributed by atoms with Gasteiger partial charge in [0.05, 0.1) is 12.8 Å². The van der Waals surface area contributed by atoms with Crippen molar-refractivity contribution in [2.24, 2.45) is 4.99 Å².